The van der Waals surface area contributed by atoms with Crippen molar-refractivity contribution in [1.29, 1.82) is 0 Å². The van der Waals surface area contributed by atoms with Crippen molar-refractivity contribution in [3.63, 3.8) is 0 Å². The quantitative estimate of drug-likeness (QED) is 0.857. The normalized spacial score (nSPS) is 37.1. The predicted molar refractivity (Wildman–Crippen MR) is 81.4 cm³/mol. The van der Waals surface area contributed by atoms with Gasteiger partial charge in [0.2, 0.25) is 5.91 Å². The van der Waals surface area contributed by atoms with Crippen LogP contribution in [0.5, 0.6) is 0 Å². The molecular formula is C17H30N2O. The zero-order chi connectivity index (χ0) is 13.9. The first-order chi connectivity index (χ1) is 9.78. The van der Waals surface area contributed by atoms with E-state index in [0.29, 0.717) is 11.8 Å². The smallest absolute Gasteiger partial charge is 0.225 e. The molecule has 3 heteroatoms. The molecule has 2 unspecified atom stereocenters. The van der Waals surface area contributed by atoms with Crippen molar-refractivity contribution in [3.8, 4) is 0 Å². The highest BCUT2D eigenvalue weighted by Gasteiger charge is 2.40. The van der Waals surface area contributed by atoms with Gasteiger partial charge in [0.15, 0.2) is 0 Å². The zero-order valence-electron chi connectivity index (χ0n) is 12.9. The molecule has 0 spiro atoms. The van der Waals surface area contributed by atoms with E-state index in [4.69, 9.17) is 0 Å². The minimum Gasteiger partial charge on any atom is -0.342 e. The molecule has 1 amide bonds. The number of rotatable bonds is 4. The van der Waals surface area contributed by atoms with Gasteiger partial charge in [-0.1, -0.05) is 26.2 Å². The average molecular weight is 278 g/mol. The molecule has 0 radical (unpaired) electrons. The molecule has 0 aromatic carbocycles. The number of nitrogens with zero attached hydrogens (tertiary/aromatic N) is 1. The van der Waals surface area contributed by atoms with Crippen LogP contribution in [0, 0.1) is 23.7 Å². The van der Waals surface area contributed by atoms with Crippen LogP contribution in [0.3, 0.4) is 0 Å². The van der Waals surface area contributed by atoms with E-state index in [9.17, 15) is 4.79 Å². The Kier molecular flexibility index (Phi) is 4.65. The van der Waals surface area contributed by atoms with Gasteiger partial charge in [-0.3, -0.25) is 4.79 Å². The summed E-state index contributed by atoms with van der Waals surface area (Å²) in [7, 11) is 0. The van der Waals surface area contributed by atoms with E-state index < -0.39 is 0 Å². The van der Waals surface area contributed by atoms with Crippen LogP contribution in [0.1, 0.15) is 51.9 Å². The molecule has 3 aliphatic rings. The Morgan fingerprint density at radius 1 is 1.10 bits per heavy atom. The van der Waals surface area contributed by atoms with Crippen molar-refractivity contribution in [3.05, 3.63) is 0 Å². The predicted octanol–water partition coefficient (Wildman–Crippen LogP) is 2.66. The number of likely N-dealkylation sites (tertiary alicyclic amines) is 1. The number of unbranched alkanes of at least 4 members (excludes halogenated alkanes) is 1. The first-order valence-corrected chi connectivity index (χ1v) is 8.77. The summed E-state index contributed by atoms with van der Waals surface area (Å²) in [6, 6.07) is 0. The van der Waals surface area contributed by atoms with Crippen LogP contribution in [0.25, 0.3) is 0 Å². The lowest BCUT2D eigenvalue weighted by atomic mass is 9.79. The van der Waals surface area contributed by atoms with Gasteiger partial charge in [0.1, 0.15) is 0 Å². The molecule has 0 aromatic heterocycles. The third kappa shape index (κ3) is 3.03. The maximum Gasteiger partial charge on any atom is 0.225 e. The number of fused-ring (bicyclic) bond motifs is 1. The Hall–Kier alpha value is -0.570. The van der Waals surface area contributed by atoms with Gasteiger partial charge in [0.25, 0.3) is 0 Å². The van der Waals surface area contributed by atoms with E-state index in [1.165, 1.54) is 32.1 Å². The molecule has 0 bridgehead atoms. The van der Waals surface area contributed by atoms with Gasteiger partial charge in [0, 0.05) is 32.1 Å². The van der Waals surface area contributed by atoms with Gasteiger partial charge >= 0.3 is 0 Å². The van der Waals surface area contributed by atoms with E-state index in [0.717, 1.165) is 56.8 Å². The molecule has 3 rings (SSSR count). The Labute approximate surface area is 123 Å². The molecule has 20 heavy (non-hydrogen) atoms. The van der Waals surface area contributed by atoms with Crippen LogP contribution in [-0.4, -0.2) is 37.0 Å². The standard InChI is InChI=1S/C17H30N2O/c1-2-3-4-13-5-7-14(8-6-13)17(20)19-11-15-9-18-10-16(15)12-19/h13-16,18H,2-12H2,1H3. The van der Waals surface area contributed by atoms with Crippen LogP contribution < -0.4 is 5.32 Å². The molecule has 0 aromatic rings. The molecule has 2 atom stereocenters. The Morgan fingerprint density at radius 3 is 2.35 bits per heavy atom. The summed E-state index contributed by atoms with van der Waals surface area (Å²) >= 11 is 0. The van der Waals surface area contributed by atoms with Crippen LogP contribution in [0.15, 0.2) is 0 Å². The summed E-state index contributed by atoms with van der Waals surface area (Å²) < 4.78 is 0. The second kappa shape index (κ2) is 6.46. The van der Waals surface area contributed by atoms with Crippen LogP contribution in [0.4, 0.5) is 0 Å². The molecule has 2 aliphatic heterocycles. The summed E-state index contributed by atoms with van der Waals surface area (Å²) in [6.45, 7) is 6.56. The van der Waals surface area contributed by atoms with Gasteiger partial charge < -0.3 is 10.2 Å². The van der Waals surface area contributed by atoms with Crippen molar-refractivity contribution in [2.75, 3.05) is 26.2 Å². The Morgan fingerprint density at radius 2 is 1.75 bits per heavy atom. The molecule has 1 N–H and O–H groups in total. The van der Waals surface area contributed by atoms with Crippen molar-refractivity contribution < 1.29 is 4.79 Å². The van der Waals surface area contributed by atoms with Gasteiger partial charge in [-0.15, -0.1) is 0 Å². The minimum absolute atomic E-state index is 0.347. The Balaban J connectivity index is 1.45. The van der Waals surface area contributed by atoms with E-state index in [1.54, 1.807) is 0 Å². The summed E-state index contributed by atoms with van der Waals surface area (Å²) in [6.07, 6.45) is 8.94. The average Bonchev–Trinajstić information content (AvgIpc) is 3.06. The van der Waals surface area contributed by atoms with Crippen LogP contribution in [-0.2, 0) is 4.79 Å². The fraction of sp³-hybridized carbons (Fsp3) is 0.941. The minimum atomic E-state index is 0.347. The second-order valence-corrected chi connectivity index (χ2v) is 7.28. The molecule has 1 aliphatic carbocycles. The van der Waals surface area contributed by atoms with Gasteiger partial charge in [-0.05, 0) is 43.4 Å². The van der Waals surface area contributed by atoms with Gasteiger partial charge in [-0.25, -0.2) is 0 Å². The van der Waals surface area contributed by atoms with E-state index in [2.05, 4.69) is 17.1 Å². The van der Waals surface area contributed by atoms with Gasteiger partial charge in [-0.2, -0.15) is 0 Å². The van der Waals surface area contributed by atoms with E-state index in [1.807, 2.05) is 0 Å². The third-order valence-corrected chi connectivity index (χ3v) is 5.86. The summed E-state index contributed by atoms with van der Waals surface area (Å²) in [4.78, 5) is 14.8. The van der Waals surface area contributed by atoms with Crippen molar-refractivity contribution >= 4 is 5.91 Å². The fourth-order valence-electron chi connectivity index (χ4n) is 4.48. The third-order valence-electron chi connectivity index (χ3n) is 5.86. The topological polar surface area (TPSA) is 32.3 Å². The number of hydrogen-bond acceptors (Lipinski definition) is 2. The van der Waals surface area contributed by atoms with Crippen LogP contribution in [0.2, 0.25) is 0 Å². The second-order valence-electron chi connectivity index (χ2n) is 7.28. The molecule has 3 fully saturated rings. The van der Waals surface area contributed by atoms with Crippen molar-refractivity contribution in [2.45, 2.75) is 51.9 Å². The largest absolute Gasteiger partial charge is 0.342 e. The molecule has 114 valence electrons. The maximum absolute atomic E-state index is 12.7. The molecular weight excluding hydrogens is 248 g/mol. The number of amides is 1. The molecule has 2 heterocycles. The molecule has 2 saturated heterocycles. The zero-order valence-corrected chi connectivity index (χ0v) is 12.9. The SMILES string of the molecule is CCCCC1CCC(C(=O)N2CC3CNCC3C2)CC1. The van der Waals surface area contributed by atoms with Crippen molar-refractivity contribution in [1.82, 2.24) is 10.2 Å². The summed E-state index contributed by atoms with van der Waals surface area (Å²) in [5.74, 6) is 3.20. The maximum atomic E-state index is 12.7. The van der Waals surface area contributed by atoms with E-state index in [-0.39, 0.29) is 0 Å². The van der Waals surface area contributed by atoms with Gasteiger partial charge in [0.05, 0.1) is 0 Å². The Bertz CT molecular complexity index is 324. The highest BCUT2D eigenvalue weighted by molar-refractivity contribution is 5.79. The highest BCUT2D eigenvalue weighted by atomic mass is 16.2. The number of carbonyl (C=O) groups excluding carboxylic acids is 1. The summed E-state index contributed by atoms with van der Waals surface area (Å²) in [5.41, 5.74) is 0. The number of hydrogen-bond donors (Lipinski definition) is 1. The lowest BCUT2D eigenvalue weighted by Crippen LogP contribution is -2.38. The number of carbonyl (C=O) groups is 1. The van der Waals surface area contributed by atoms with Crippen LogP contribution >= 0.6 is 0 Å². The summed E-state index contributed by atoms with van der Waals surface area (Å²) in [5, 5.41) is 3.45. The number of nitrogens with one attached hydrogen (secondary N) is 1. The monoisotopic (exact) mass is 278 g/mol. The highest BCUT2D eigenvalue weighted by Crippen LogP contribution is 2.35. The fourth-order valence-corrected chi connectivity index (χ4v) is 4.48. The van der Waals surface area contributed by atoms with E-state index >= 15 is 0 Å². The lowest BCUT2D eigenvalue weighted by molar-refractivity contribution is -0.136. The molecule has 3 nitrogen and oxygen atoms in total. The first-order valence-electron chi connectivity index (χ1n) is 8.77. The molecule has 1 saturated carbocycles. The van der Waals surface area contributed by atoms with Crippen molar-refractivity contribution in [2.24, 2.45) is 23.7 Å². The lowest BCUT2D eigenvalue weighted by Gasteiger charge is -2.30. The first kappa shape index (κ1) is 14.4.